The van der Waals surface area contributed by atoms with E-state index in [0.717, 1.165) is 5.56 Å². The molecule has 0 spiro atoms. The van der Waals surface area contributed by atoms with Crippen LogP contribution in [0.2, 0.25) is 0 Å². The number of carbonyl (C=O) groups is 1. The maximum absolute atomic E-state index is 11.8. The van der Waals surface area contributed by atoms with Gasteiger partial charge in [0, 0.05) is 11.8 Å². The highest BCUT2D eigenvalue weighted by Gasteiger charge is 2.07. The molecule has 2 N–H and O–H groups in total. The maximum Gasteiger partial charge on any atom is 0.274 e. The first-order valence-corrected chi connectivity index (χ1v) is 5.19. The van der Waals surface area contributed by atoms with Crippen molar-refractivity contribution in [2.24, 2.45) is 0 Å². The Kier molecular flexibility index (Phi) is 3.05. The van der Waals surface area contributed by atoms with Gasteiger partial charge in [-0.2, -0.15) is 0 Å². The second-order valence-electron chi connectivity index (χ2n) is 3.70. The van der Waals surface area contributed by atoms with Crippen molar-refractivity contribution in [1.82, 2.24) is 4.98 Å². The topological polar surface area (TPSA) is 62.2 Å². The number of rotatable bonds is 2. The number of anilines is 1. The summed E-state index contributed by atoms with van der Waals surface area (Å²) < 4.78 is 0. The molecule has 0 saturated carbocycles. The summed E-state index contributed by atoms with van der Waals surface area (Å²) >= 11 is 0. The van der Waals surface area contributed by atoms with Gasteiger partial charge < -0.3 is 10.4 Å². The quantitative estimate of drug-likeness (QED) is 0.829. The monoisotopic (exact) mass is 228 g/mol. The Bertz CT molecular complexity index is 535. The van der Waals surface area contributed by atoms with Gasteiger partial charge in [0.05, 0.1) is 0 Å². The molecule has 17 heavy (non-hydrogen) atoms. The van der Waals surface area contributed by atoms with Crippen LogP contribution in [0.15, 0.2) is 42.5 Å². The number of nitrogens with zero attached hydrogens (tertiary/aromatic N) is 1. The summed E-state index contributed by atoms with van der Waals surface area (Å²) in [5.74, 6) is -0.508. The normalized spacial score (nSPS) is 9.94. The lowest BCUT2D eigenvalue weighted by Crippen LogP contribution is -2.13. The van der Waals surface area contributed by atoms with Crippen molar-refractivity contribution in [3.63, 3.8) is 0 Å². The summed E-state index contributed by atoms with van der Waals surface area (Å²) in [5.41, 5.74) is 2.01. The van der Waals surface area contributed by atoms with E-state index in [1.807, 2.05) is 31.2 Å². The lowest BCUT2D eigenvalue weighted by Gasteiger charge is -2.04. The Morgan fingerprint density at radius 2 is 1.88 bits per heavy atom. The van der Waals surface area contributed by atoms with E-state index in [-0.39, 0.29) is 17.5 Å². The van der Waals surface area contributed by atoms with Gasteiger partial charge >= 0.3 is 0 Å². The predicted octanol–water partition coefficient (Wildman–Crippen LogP) is 2.35. The van der Waals surface area contributed by atoms with Gasteiger partial charge in [-0.05, 0) is 25.1 Å². The minimum Gasteiger partial charge on any atom is -0.493 e. The SMILES string of the molecule is Cc1ccc(NC(=O)c2cccc(O)n2)cc1. The molecule has 86 valence electrons. The zero-order chi connectivity index (χ0) is 12.3. The summed E-state index contributed by atoms with van der Waals surface area (Å²) in [5, 5.41) is 11.9. The molecule has 1 heterocycles. The van der Waals surface area contributed by atoms with Gasteiger partial charge in [0.25, 0.3) is 5.91 Å². The zero-order valence-corrected chi connectivity index (χ0v) is 9.34. The van der Waals surface area contributed by atoms with Crippen molar-refractivity contribution in [2.75, 3.05) is 5.32 Å². The molecule has 0 atom stereocenters. The van der Waals surface area contributed by atoms with Crippen LogP contribution >= 0.6 is 0 Å². The number of amides is 1. The summed E-state index contributed by atoms with van der Waals surface area (Å²) in [4.78, 5) is 15.5. The van der Waals surface area contributed by atoms with Crippen molar-refractivity contribution in [1.29, 1.82) is 0 Å². The molecular formula is C13H12N2O2. The summed E-state index contributed by atoms with van der Waals surface area (Å²) in [6.45, 7) is 1.97. The Labute approximate surface area is 98.9 Å². The molecule has 0 aliphatic heterocycles. The van der Waals surface area contributed by atoms with Crippen molar-refractivity contribution in [3.05, 3.63) is 53.7 Å². The standard InChI is InChI=1S/C13H12N2O2/c1-9-5-7-10(8-6-9)14-13(17)11-3-2-4-12(16)15-11/h2-8H,1H3,(H,14,17)(H,15,16). The molecular weight excluding hydrogens is 216 g/mol. The first-order valence-electron chi connectivity index (χ1n) is 5.19. The van der Waals surface area contributed by atoms with Crippen molar-refractivity contribution in [3.8, 4) is 5.88 Å². The second-order valence-corrected chi connectivity index (χ2v) is 3.70. The van der Waals surface area contributed by atoms with E-state index in [0.29, 0.717) is 5.69 Å². The molecule has 2 rings (SSSR count). The molecule has 0 bridgehead atoms. The van der Waals surface area contributed by atoms with Gasteiger partial charge in [0.1, 0.15) is 5.69 Å². The molecule has 0 unspecified atom stereocenters. The van der Waals surface area contributed by atoms with Crippen molar-refractivity contribution < 1.29 is 9.90 Å². The van der Waals surface area contributed by atoms with Crippen LogP contribution in [0.1, 0.15) is 16.1 Å². The van der Waals surface area contributed by atoms with Gasteiger partial charge in [-0.1, -0.05) is 23.8 Å². The van der Waals surface area contributed by atoms with Crippen LogP contribution in [0, 0.1) is 6.92 Å². The minimum absolute atomic E-state index is 0.165. The van der Waals surface area contributed by atoms with Gasteiger partial charge in [-0.15, -0.1) is 0 Å². The Morgan fingerprint density at radius 3 is 2.53 bits per heavy atom. The average molecular weight is 228 g/mol. The molecule has 1 aromatic heterocycles. The predicted molar refractivity (Wildman–Crippen MR) is 65.0 cm³/mol. The van der Waals surface area contributed by atoms with E-state index in [4.69, 9.17) is 0 Å². The smallest absolute Gasteiger partial charge is 0.274 e. The number of pyridine rings is 1. The first-order chi connectivity index (χ1) is 8.15. The molecule has 0 saturated heterocycles. The van der Waals surface area contributed by atoms with Crippen molar-refractivity contribution in [2.45, 2.75) is 6.92 Å². The number of nitrogens with one attached hydrogen (secondary N) is 1. The summed E-state index contributed by atoms with van der Waals surface area (Å²) in [6.07, 6.45) is 0. The molecule has 0 fully saturated rings. The highest BCUT2D eigenvalue weighted by Crippen LogP contribution is 2.11. The third kappa shape index (κ3) is 2.81. The van der Waals surface area contributed by atoms with Crippen LogP contribution in [0.5, 0.6) is 5.88 Å². The third-order valence-corrected chi connectivity index (χ3v) is 2.28. The second kappa shape index (κ2) is 4.65. The van der Waals surface area contributed by atoms with Crippen LogP contribution in [0.4, 0.5) is 5.69 Å². The van der Waals surface area contributed by atoms with E-state index in [9.17, 15) is 9.90 Å². The Hall–Kier alpha value is -2.36. The summed E-state index contributed by atoms with van der Waals surface area (Å²) in [7, 11) is 0. The number of hydrogen-bond donors (Lipinski definition) is 2. The van der Waals surface area contributed by atoms with Gasteiger partial charge in [0.2, 0.25) is 5.88 Å². The Morgan fingerprint density at radius 1 is 1.18 bits per heavy atom. The number of benzene rings is 1. The highest BCUT2D eigenvalue weighted by atomic mass is 16.3. The lowest BCUT2D eigenvalue weighted by atomic mass is 10.2. The highest BCUT2D eigenvalue weighted by molar-refractivity contribution is 6.02. The lowest BCUT2D eigenvalue weighted by molar-refractivity contribution is 0.102. The number of aromatic hydroxyl groups is 1. The van der Waals surface area contributed by atoms with E-state index in [1.54, 1.807) is 12.1 Å². The largest absolute Gasteiger partial charge is 0.493 e. The van der Waals surface area contributed by atoms with Crippen LogP contribution < -0.4 is 5.32 Å². The van der Waals surface area contributed by atoms with Gasteiger partial charge in [-0.3, -0.25) is 4.79 Å². The van der Waals surface area contributed by atoms with Crippen LogP contribution in [-0.2, 0) is 0 Å². The molecule has 2 aromatic rings. The molecule has 0 aliphatic rings. The number of hydrogen-bond acceptors (Lipinski definition) is 3. The van der Waals surface area contributed by atoms with E-state index < -0.39 is 0 Å². The third-order valence-electron chi connectivity index (χ3n) is 2.28. The first kappa shape index (κ1) is 11.1. The van der Waals surface area contributed by atoms with E-state index in [2.05, 4.69) is 10.3 Å². The molecule has 0 radical (unpaired) electrons. The zero-order valence-electron chi connectivity index (χ0n) is 9.34. The molecule has 0 aliphatic carbocycles. The van der Waals surface area contributed by atoms with Crippen LogP contribution in [0.3, 0.4) is 0 Å². The van der Waals surface area contributed by atoms with Crippen LogP contribution in [0.25, 0.3) is 0 Å². The van der Waals surface area contributed by atoms with Crippen molar-refractivity contribution >= 4 is 11.6 Å². The molecule has 4 nitrogen and oxygen atoms in total. The fourth-order valence-electron chi connectivity index (χ4n) is 1.38. The van der Waals surface area contributed by atoms with Crippen LogP contribution in [-0.4, -0.2) is 16.0 Å². The fraction of sp³-hybridized carbons (Fsp3) is 0.0769. The number of aromatic nitrogens is 1. The van der Waals surface area contributed by atoms with E-state index in [1.165, 1.54) is 6.07 Å². The molecule has 4 heteroatoms. The minimum atomic E-state index is -0.343. The van der Waals surface area contributed by atoms with Gasteiger partial charge in [0.15, 0.2) is 0 Å². The maximum atomic E-state index is 11.8. The van der Waals surface area contributed by atoms with E-state index >= 15 is 0 Å². The number of aryl methyl sites for hydroxylation is 1. The Balaban J connectivity index is 2.14. The molecule has 1 aromatic carbocycles. The average Bonchev–Trinajstić information content (AvgIpc) is 2.32. The summed E-state index contributed by atoms with van der Waals surface area (Å²) in [6, 6.07) is 12.0. The fourth-order valence-corrected chi connectivity index (χ4v) is 1.38. The molecule has 1 amide bonds. The van der Waals surface area contributed by atoms with Gasteiger partial charge in [-0.25, -0.2) is 4.98 Å². The number of carbonyl (C=O) groups excluding carboxylic acids is 1.